The van der Waals surface area contributed by atoms with Crippen LogP contribution in [0.5, 0.6) is 0 Å². The number of unbranched alkanes of at least 4 members (excludes halogenated alkanes) is 3. The van der Waals surface area contributed by atoms with E-state index in [1.165, 1.54) is 59.9 Å². The zero-order valence-corrected chi connectivity index (χ0v) is 20.1. The molecule has 2 heteroatoms. The van der Waals surface area contributed by atoms with E-state index >= 15 is 0 Å². The summed E-state index contributed by atoms with van der Waals surface area (Å²) >= 11 is 0. The lowest BCUT2D eigenvalue weighted by Gasteiger charge is -2.22. The number of carboxylic acid groups (broad SMARTS) is 1. The van der Waals surface area contributed by atoms with Gasteiger partial charge >= 0.3 is 5.97 Å². The quantitative estimate of drug-likeness (QED) is 0.348. The molecule has 0 bridgehead atoms. The Bertz CT molecular complexity index is 975. The van der Waals surface area contributed by atoms with E-state index in [1.807, 2.05) is 12.1 Å². The number of allylic oxidation sites excluding steroid dienone is 1. The molecule has 0 spiro atoms. The van der Waals surface area contributed by atoms with Crippen molar-refractivity contribution in [2.75, 3.05) is 0 Å². The van der Waals surface area contributed by atoms with Crippen molar-refractivity contribution < 1.29 is 9.90 Å². The molecule has 0 saturated heterocycles. The van der Waals surface area contributed by atoms with Crippen LogP contribution in [0.1, 0.15) is 112 Å². The second kappa shape index (κ2) is 9.02. The summed E-state index contributed by atoms with van der Waals surface area (Å²) in [4.78, 5) is 11.2. The molecule has 0 heterocycles. The van der Waals surface area contributed by atoms with Gasteiger partial charge in [-0.2, -0.15) is 0 Å². The van der Waals surface area contributed by atoms with Crippen molar-refractivity contribution in [3.05, 3.63) is 69.8 Å². The third-order valence-electron chi connectivity index (χ3n) is 6.85. The molecule has 31 heavy (non-hydrogen) atoms. The highest BCUT2D eigenvalue weighted by molar-refractivity contribution is 5.88. The van der Waals surface area contributed by atoms with E-state index in [1.54, 1.807) is 12.1 Å². The largest absolute Gasteiger partial charge is 0.478 e. The molecule has 0 saturated carbocycles. The van der Waals surface area contributed by atoms with Gasteiger partial charge in [-0.05, 0) is 82.5 Å². The molecule has 0 radical (unpaired) electrons. The standard InChI is InChI=1S/C29H38O2/c1-7-8-9-10-11-23-17-25-26(29(5,6)19-28(25,3)4)18-24(23)20(2)16-21-12-14-22(15-13-21)27(30)31/h12-18H,7-11,19H2,1-6H3,(H,30,31)/b20-16+. The second-order valence-electron chi connectivity index (χ2n) is 10.6. The Kier molecular flexibility index (Phi) is 6.79. The van der Waals surface area contributed by atoms with Gasteiger partial charge in [-0.3, -0.25) is 0 Å². The fourth-order valence-corrected chi connectivity index (χ4v) is 5.43. The van der Waals surface area contributed by atoms with Gasteiger partial charge in [0, 0.05) is 0 Å². The SMILES string of the molecule is CCCCCCc1cc2c(cc1/C(C)=C/c1ccc(C(=O)O)cc1)C(C)(C)CC2(C)C. The number of aryl methyl sites for hydroxylation is 1. The Morgan fingerprint density at radius 1 is 0.968 bits per heavy atom. The monoisotopic (exact) mass is 418 g/mol. The summed E-state index contributed by atoms with van der Waals surface area (Å²) in [6.07, 6.45) is 9.53. The van der Waals surface area contributed by atoms with Crippen molar-refractivity contribution in [2.45, 2.75) is 90.9 Å². The fraction of sp³-hybridized carbons (Fsp3) is 0.483. The lowest BCUT2D eigenvalue weighted by Crippen LogP contribution is -2.18. The summed E-state index contributed by atoms with van der Waals surface area (Å²) in [6.45, 7) is 14.0. The van der Waals surface area contributed by atoms with Crippen LogP contribution in [0.15, 0.2) is 36.4 Å². The zero-order chi connectivity index (χ0) is 22.8. The minimum absolute atomic E-state index is 0.178. The van der Waals surface area contributed by atoms with Crippen LogP contribution < -0.4 is 0 Å². The lowest BCUT2D eigenvalue weighted by molar-refractivity contribution is 0.0697. The summed E-state index contributed by atoms with van der Waals surface area (Å²) < 4.78 is 0. The Hall–Kier alpha value is -2.35. The third kappa shape index (κ3) is 5.11. The first-order chi connectivity index (χ1) is 14.5. The van der Waals surface area contributed by atoms with Gasteiger partial charge in [0.1, 0.15) is 0 Å². The van der Waals surface area contributed by atoms with Crippen molar-refractivity contribution in [3.8, 4) is 0 Å². The molecule has 0 aliphatic heterocycles. The normalized spacial score (nSPS) is 16.9. The summed E-state index contributed by atoms with van der Waals surface area (Å²) in [5.41, 5.74) is 8.81. The first-order valence-electron chi connectivity index (χ1n) is 11.7. The maximum atomic E-state index is 11.2. The fourth-order valence-electron chi connectivity index (χ4n) is 5.43. The van der Waals surface area contributed by atoms with E-state index in [2.05, 4.69) is 59.8 Å². The van der Waals surface area contributed by atoms with E-state index in [4.69, 9.17) is 5.11 Å². The molecule has 166 valence electrons. The molecule has 1 N–H and O–H groups in total. The van der Waals surface area contributed by atoms with Crippen LogP contribution in [0.3, 0.4) is 0 Å². The lowest BCUT2D eigenvalue weighted by atomic mass is 9.82. The second-order valence-corrected chi connectivity index (χ2v) is 10.6. The molecular formula is C29H38O2. The Morgan fingerprint density at radius 3 is 2.16 bits per heavy atom. The number of carbonyl (C=O) groups is 1. The molecule has 0 atom stereocenters. The number of hydrogen-bond acceptors (Lipinski definition) is 1. The molecule has 0 aromatic heterocycles. The van der Waals surface area contributed by atoms with Crippen LogP contribution in [0, 0.1) is 0 Å². The van der Waals surface area contributed by atoms with Gasteiger partial charge in [0.15, 0.2) is 0 Å². The minimum atomic E-state index is -0.884. The molecule has 1 aliphatic carbocycles. The summed E-state index contributed by atoms with van der Waals surface area (Å²) in [6, 6.07) is 12.1. The number of benzene rings is 2. The molecule has 0 amide bonds. The number of fused-ring (bicyclic) bond motifs is 1. The predicted octanol–water partition coefficient (Wildman–Crippen LogP) is 8.03. The van der Waals surface area contributed by atoms with Crippen LogP contribution >= 0.6 is 0 Å². The number of aromatic carboxylic acids is 1. The molecule has 2 aromatic rings. The first kappa shape index (κ1) is 23.3. The van der Waals surface area contributed by atoms with Gasteiger partial charge in [0.2, 0.25) is 0 Å². The van der Waals surface area contributed by atoms with Crippen LogP contribution in [-0.4, -0.2) is 11.1 Å². The van der Waals surface area contributed by atoms with Crippen LogP contribution in [0.25, 0.3) is 11.6 Å². The first-order valence-corrected chi connectivity index (χ1v) is 11.7. The third-order valence-corrected chi connectivity index (χ3v) is 6.85. The van der Waals surface area contributed by atoms with E-state index in [0.717, 1.165) is 12.0 Å². The summed E-state index contributed by atoms with van der Waals surface area (Å²) in [5, 5.41) is 9.16. The van der Waals surface area contributed by atoms with E-state index in [0.29, 0.717) is 5.56 Å². The molecule has 3 rings (SSSR count). The molecule has 0 unspecified atom stereocenters. The average molecular weight is 419 g/mol. The minimum Gasteiger partial charge on any atom is -0.478 e. The van der Waals surface area contributed by atoms with Gasteiger partial charge in [-0.1, -0.05) is 84.2 Å². The van der Waals surface area contributed by atoms with Gasteiger partial charge in [0.25, 0.3) is 0 Å². The van der Waals surface area contributed by atoms with E-state index in [-0.39, 0.29) is 10.8 Å². The van der Waals surface area contributed by atoms with Gasteiger partial charge < -0.3 is 5.11 Å². The maximum absolute atomic E-state index is 11.2. The van der Waals surface area contributed by atoms with E-state index < -0.39 is 5.97 Å². The van der Waals surface area contributed by atoms with Crippen LogP contribution in [0.4, 0.5) is 0 Å². The van der Waals surface area contributed by atoms with Crippen LogP contribution in [0.2, 0.25) is 0 Å². The zero-order valence-electron chi connectivity index (χ0n) is 20.1. The smallest absolute Gasteiger partial charge is 0.335 e. The number of carboxylic acids is 1. The van der Waals surface area contributed by atoms with E-state index in [9.17, 15) is 4.79 Å². The topological polar surface area (TPSA) is 37.3 Å². The molecule has 1 aliphatic rings. The van der Waals surface area contributed by atoms with Gasteiger partial charge in [0.05, 0.1) is 5.56 Å². The Morgan fingerprint density at radius 2 is 1.58 bits per heavy atom. The van der Waals surface area contributed by atoms with Crippen molar-refractivity contribution in [1.29, 1.82) is 0 Å². The number of rotatable bonds is 8. The molecule has 2 aromatic carbocycles. The Labute approximate surface area is 188 Å². The summed E-state index contributed by atoms with van der Waals surface area (Å²) in [7, 11) is 0. The van der Waals surface area contributed by atoms with Crippen molar-refractivity contribution in [3.63, 3.8) is 0 Å². The Balaban J connectivity index is 2.03. The van der Waals surface area contributed by atoms with Crippen LogP contribution in [-0.2, 0) is 17.3 Å². The summed E-state index contributed by atoms with van der Waals surface area (Å²) in [5.74, 6) is -0.884. The molecule has 0 fully saturated rings. The highest BCUT2D eigenvalue weighted by Gasteiger charge is 2.42. The van der Waals surface area contributed by atoms with Crippen molar-refractivity contribution in [2.24, 2.45) is 0 Å². The average Bonchev–Trinajstić information content (AvgIpc) is 2.88. The van der Waals surface area contributed by atoms with Gasteiger partial charge in [-0.15, -0.1) is 0 Å². The van der Waals surface area contributed by atoms with Gasteiger partial charge in [-0.25, -0.2) is 4.79 Å². The molecular weight excluding hydrogens is 380 g/mol. The van der Waals surface area contributed by atoms with Crippen molar-refractivity contribution in [1.82, 2.24) is 0 Å². The highest BCUT2D eigenvalue weighted by atomic mass is 16.4. The maximum Gasteiger partial charge on any atom is 0.335 e. The predicted molar refractivity (Wildman–Crippen MR) is 132 cm³/mol. The highest BCUT2D eigenvalue weighted by Crippen LogP contribution is 2.50. The van der Waals surface area contributed by atoms with Crippen molar-refractivity contribution >= 4 is 17.6 Å². The molecule has 2 nitrogen and oxygen atoms in total. The number of hydrogen-bond donors (Lipinski definition) is 1.